The Morgan fingerprint density at radius 2 is 2.12 bits per heavy atom. The normalized spacial score (nSPS) is 10.4. The standard InChI is InChI=1S/C13H17N3S/c1-17-8-2-7-15-12-5-3-11(4-6-12)13-9-14-10-16-13/h3-6,9-10,15H,2,7-8H2,1H3,(H,14,16). The summed E-state index contributed by atoms with van der Waals surface area (Å²) in [7, 11) is 0. The van der Waals surface area contributed by atoms with Crippen molar-refractivity contribution in [3.63, 3.8) is 0 Å². The zero-order valence-corrected chi connectivity index (χ0v) is 10.8. The highest BCUT2D eigenvalue weighted by atomic mass is 32.2. The van der Waals surface area contributed by atoms with E-state index in [4.69, 9.17) is 0 Å². The first-order valence-corrected chi connectivity index (χ1v) is 7.11. The van der Waals surface area contributed by atoms with Crippen molar-refractivity contribution in [1.29, 1.82) is 0 Å². The first kappa shape index (κ1) is 12.0. The lowest BCUT2D eigenvalue weighted by molar-refractivity contribution is 0.993. The topological polar surface area (TPSA) is 40.7 Å². The molecule has 1 aromatic heterocycles. The molecule has 3 nitrogen and oxygen atoms in total. The van der Waals surface area contributed by atoms with Gasteiger partial charge in [-0.3, -0.25) is 0 Å². The molecule has 17 heavy (non-hydrogen) atoms. The Bertz CT molecular complexity index is 422. The summed E-state index contributed by atoms with van der Waals surface area (Å²) in [6.07, 6.45) is 6.87. The number of H-pyrrole nitrogens is 1. The minimum absolute atomic E-state index is 1.03. The van der Waals surface area contributed by atoms with Gasteiger partial charge < -0.3 is 10.3 Å². The number of hydrogen-bond donors (Lipinski definition) is 2. The van der Waals surface area contributed by atoms with Crippen molar-refractivity contribution < 1.29 is 0 Å². The Labute approximate surface area is 106 Å². The Hall–Kier alpha value is -1.42. The summed E-state index contributed by atoms with van der Waals surface area (Å²) in [5, 5.41) is 3.41. The van der Waals surface area contributed by atoms with E-state index in [-0.39, 0.29) is 0 Å². The van der Waals surface area contributed by atoms with Gasteiger partial charge in [0.2, 0.25) is 0 Å². The average molecular weight is 247 g/mol. The van der Waals surface area contributed by atoms with Crippen LogP contribution in [0.1, 0.15) is 6.42 Å². The number of nitrogens with one attached hydrogen (secondary N) is 2. The summed E-state index contributed by atoms with van der Waals surface area (Å²) >= 11 is 1.89. The van der Waals surface area contributed by atoms with E-state index in [2.05, 4.69) is 45.8 Å². The number of aromatic nitrogens is 2. The van der Waals surface area contributed by atoms with Gasteiger partial charge in [0.05, 0.1) is 18.2 Å². The second-order valence-electron chi connectivity index (χ2n) is 3.82. The van der Waals surface area contributed by atoms with Crippen molar-refractivity contribution in [2.45, 2.75) is 6.42 Å². The lowest BCUT2D eigenvalue weighted by Crippen LogP contribution is -2.02. The van der Waals surface area contributed by atoms with Gasteiger partial charge in [-0.2, -0.15) is 11.8 Å². The first-order chi connectivity index (χ1) is 8.40. The molecule has 2 aromatic rings. The quantitative estimate of drug-likeness (QED) is 0.770. The molecule has 0 aliphatic heterocycles. The zero-order valence-electron chi connectivity index (χ0n) is 9.94. The van der Waals surface area contributed by atoms with Crippen LogP contribution in [0, 0.1) is 0 Å². The fraction of sp³-hybridized carbons (Fsp3) is 0.308. The van der Waals surface area contributed by atoms with Crippen LogP contribution in [0.4, 0.5) is 5.69 Å². The van der Waals surface area contributed by atoms with E-state index < -0.39 is 0 Å². The highest BCUT2D eigenvalue weighted by Gasteiger charge is 1.98. The van der Waals surface area contributed by atoms with Gasteiger partial charge in [-0.1, -0.05) is 12.1 Å². The number of imidazole rings is 1. The lowest BCUT2D eigenvalue weighted by Gasteiger charge is -2.06. The molecule has 0 unspecified atom stereocenters. The van der Waals surface area contributed by atoms with Crippen LogP contribution in [0.15, 0.2) is 36.8 Å². The van der Waals surface area contributed by atoms with Crippen molar-refractivity contribution in [2.75, 3.05) is 23.9 Å². The first-order valence-electron chi connectivity index (χ1n) is 5.72. The summed E-state index contributed by atoms with van der Waals surface area (Å²) in [5.41, 5.74) is 3.39. The van der Waals surface area contributed by atoms with Gasteiger partial charge in [-0.05, 0) is 36.1 Å². The van der Waals surface area contributed by atoms with Gasteiger partial charge in [0.25, 0.3) is 0 Å². The van der Waals surface area contributed by atoms with Gasteiger partial charge in [0.15, 0.2) is 0 Å². The van der Waals surface area contributed by atoms with Gasteiger partial charge in [0, 0.05) is 12.2 Å². The second-order valence-corrected chi connectivity index (χ2v) is 4.80. The SMILES string of the molecule is CSCCCNc1ccc(-c2cnc[nH]2)cc1. The van der Waals surface area contributed by atoms with Crippen LogP contribution in [0.2, 0.25) is 0 Å². The van der Waals surface area contributed by atoms with Crippen molar-refractivity contribution in [2.24, 2.45) is 0 Å². The van der Waals surface area contributed by atoms with Gasteiger partial charge in [-0.15, -0.1) is 0 Å². The summed E-state index contributed by atoms with van der Waals surface area (Å²) in [6, 6.07) is 8.42. The molecule has 0 aliphatic carbocycles. The number of rotatable bonds is 6. The number of thioether (sulfide) groups is 1. The predicted molar refractivity (Wildman–Crippen MR) is 75.5 cm³/mol. The largest absolute Gasteiger partial charge is 0.385 e. The Morgan fingerprint density at radius 1 is 1.29 bits per heavy atom. The van der Waals surface area contributed by atoms with Crippen LogP contribution in [-0.4, -0.2) is 28.5 Å². The van der Waals surface area contributed by atoms with Crippen LogP contribution in [0.3, 0.4) is 0 Å². The molecule has 2 N–H and O–H groups in total. The third-order valence-corrected chi connectivity index (χ3v) is 3.25. The maximum atomic E-state index is 4.02. The molecule has 0 atom stereocenters. The number of hydrogen-bond acceptors (Lipinski definition) is 3. The molecular formula is C13H17N3S. The Morgan fingerprint density at radius 3 is 2.76 bits per heavy atom. The third kappa shape index (κ3) is 3.53. The fourth-order valence-electron chi connectivity index (χ4n) is 1.63. The van der Waals surface area contributed by atoms with Crippen LogP contribution < -0.4 is 5.32 Å². The predicted octanol–water partition coefficient (Wildman–Crippen LogP) is 3.24. The molecule has 0 saturated heterocycles. The minimum atomic E-state index is 1.03. The summed E-state index contributed by atoms with van der Waals surface area (Å²) in [5.74, 6) is 1.21. The maximum absolute atomic E-state index is 4.02. The number of benzene rings is 1. The molecule has 0 amide bonds. The molecule has 90 valence electrons. The van der Waals surface area contributed by atoms with E-state index in [1.54, 1.807) is 6.33 Å². The van der Waals surface area contributed by atoms with Gasteiger partial charge >= 0.3 is 0 Å². The van der Waals surface area contributed by atoms with Crippen LogP contribution in [-0.2, 0) is 0 Å². The number of aromatic amines is 1. The van der Waals surface area contributed by atoms with E-state index in [0.717, 1.165) is 17.8 Å². The summed E-state index contributed by atoms with van der Waals surface area (Å²) < 4.78 is 0. The van der Waals surface area contributed by atoms with Crippen LogP contribution >= 0.6 is 11.8 Å². The molecular weight excluding hydrogens is 230 g/mol. The van der Waals surface area contributed by atoms with Crippen LogP contribution in [0.25, 0.3) is 11.3 Å². The van der Waals surface area contributed by atoms with E-state index >= 15 is 0 Å². The van der Waals surface area contributed by atoms with Crippen molar-refractivity contribution >= 4 is 17.4 Å². The molecule has 2 rings (SSSR count). The second kappa shape index (κ2) is 6.35. The highest BCUT2D eigenvalue weighted by Crippen LogP contribution is 2.18. The minimum Gasteiger partial charge on any atom is -0.385 e. The van der Waals surface area contributed by atoms with Gasteiger partial charge in [-0.25, -0.2) is 4.98 Å². The van der Waals surface area contributed by atoms with Crippen molar-refractivity contribution in [3.05, 3.63) is 36.8 Å². The maximum Gasteiger partial charge on any atom is 0.0924 e. The van der Waals surface area contributed by atoms with E-state index in [0.29, 0.717) is 0 Å². The number of anilines is 1. The molecule has 0 bridgehead atoms. The number of nitrogens with zero attached hydrogens (tertiary/aromatic N) is 1. The van der Waals surface area contributed by atoms with Crippen molar-refractivity contribution in [1.82, 2.24) is 9.97 Å². The van der Waals surface area contributed by atoms with E-state index in [9.17, 15) is 0 Å². The smallest absolute Gasteiger partial charge is 0.0924 e. The van der Waals surface area contributed by atoms with Crippen molar-refractivity contribution in [3.8, 4) is 11.3 Å². The Kier molecular flexibility index (Phi) is 4.50. The molecule has 0 aliphatic rings. The lowest BCUT2D eigenvalue weighted by atomic mass is 10.1. The molecule has 0 spiro atoms. The summed E-state index contributed by atoms with van der Waals surface area (Å²) in [4.78, 5) is 7.12. The van der Waals surface area contributed by atoms with Crippen LogP contribution in [0.5, 0.6) is 0 Å². The molecule has 0 radical (unpaired) electrons. The van der Waals surface area contributed by atoms with Gasteiger partial charge in [0.1, 0.15) is 0 Å². The third-order valence-electron chi connectivity index (χ3n) is 2.55. The molecule has 4 heteroatoms. The summed E-state index contributed by atoms with van der Waals surface area (Å²) in [6.45, 7) is 1.03. The van der Waals surface area contributed by atoms with E-state index in [1.807, 2.05) is 18.0 Å². The fourth-order valence-corrected chi connectivity index (χ4v) is 2.06. The highest BCUT2D eigenvalue weighted by molar-refractivity contribution is 7.98. The molecule has 1 aromatic carbocycles. The zero-order chi connectivity index (χ0) is 11.9. The monoisotopic (exact) mass is 247 g/mol. The molecule has 0 fully saturated rings. The molecule has 0 saturated carbocycles. The van der Waals surface area contributed by atoms with E-state index in [1.165, 1.54) is 17.9 Å². The molecule has 1 heterocycles. The Balaban J connectivity index is 1.90. The average Bonchev–Trinajstić information content (AvgIpc) is 2.89.